The Morgan fingerprint density at radius 1 is 1.22 bits per heavy atom. The fourth-order valence-electron chi connectivity index (χ4n) is 3.10. The number of carbonyl (C=O) groups is 1. The Morgan fingerprint density at radius 3 is 2.78 bits per heavy atom. The Labute approximate surface area is 140 Å². The molecule has 1 amide bonds. The van der Waals surface area contributed by atoms with E-state index in [0.29, 0.717) is 11.7 Å². The number of amides is 1. The lowest BCUT2D eigenvalue weighted by molar-refractivity contribution is -0.119. The number of benzene rings is 1. The highest BCUT2D eigenvalue weighted by atomic mass is 32.2. The second-order valence-corrected chi connectivity index (χ2v) is 7.06. The second kappa shape index (κ2) is 7.79. The third kappa shape index (κ3) is 4.24. The maximum absolute atomic E-state index is 12.2. The number of nitrogens with zero attached hydrogens (tertiary/aromatic N) is 1. The first-order chi connectivity index (χ1) is 11.3. The van der Waals surface area contributed by atoms with Gasteiger partial charge in [-0.3, -0.25) is 4.79 Å². The molecule has 0 atom stereocenters. The van der Waals surface area contributed by atoms with E-state index in [1.807, 2.05) is 24.3 Å². The predicted molar refractivity (Wildman–Crippen MR) is 93.4 cm³/mol. The van der Waals surface area contributed by atoms with Crippen LogP contribution in [0.1, 0.15) is 25.7 Å². The lowest BCUT2D eigenvalue weighted by atomic mass is 9.86. The Bertz CT molecular complexity index is 664. The number of hydrogen-bond donors (Lipinski definition) is 2. The number of aliphatic hydroxyl groups is 1. The lowest BCUT2D eigenvalue weighted by Crippen LogP contribution is -2.39. The zero-order valence-corrected chi connectivity index (χ0v) is 13.9. The third-order valence-corrected chi connectivity index (χ3v) is 5.45. The molecule has 1 aromatic carbocycles. The van der Waals surface area contributed by atoms with E-state index in [4.69, 9.17) is 5.11 Å². The summed E-state index contributed by atoms with van der Waals surface area (Å²) in [5.74, 6) is 0.871. The molecule has 5 heteroatoms. The molecule has 0 spiro atoms. The lowest BCUT2D eigenvalue weighted by Gasteiger charge is -2.27. The van der Waals surface area contributed by atoms with Crippen LogP contribution in [0.5, 0.6) is 0 Å². The fourth-order valence-corrected chi connectivity index (χ4v) is 3.93. The van der Waals surface area contributed by atoms with Crippen LogP contribution >= 0.6 is 11.8 Å². The summed E-state index contributed by atoms with van der Waals surface area (Å²) in [4.78, 5) is 16.6. The molecule has 4 nitrogen and oxygen atoms in total. The number of carbonyl (C=O) groups excluding carboxylic acids is 1. The Kier molecular flexibility index (Phi) is 5.51. The Balaban J connectivity index is 1.53. The van der Waals surface area contributed by atoms with E-state index in [9.17, 15) is 4.79 Å². The summed E-state index contributed by atoms with van der Waals surface area (Å²) in [5, 5.41) is 15.4. The molecular formula is C18H22N2O2S. The number of thioether (sulfide) groups is 1. The van der Waals surface area contributed by atoms with Gasteiger partial charge in [0.25, 0.3) is 0 Å². The van der Waals surface area contributed by atoms with Gasteiger partial charge < -0.3 is 10.4 Å². The molecule has 0 radical (unpaired) electrons. The summed E-state index contributed by atoms with van der Waals surface area (Å²) >= 11 is 1.49. The minimum Gasteiger partial charge on any atom is -0.396 e. The van der Waals surface area contributed by atoms with Gasteiger partial charge in [0.2, 0.25) is 5.91 Å². The SMILES string of the molecule is O=C(CSc1nccc2ccccc12)NC1CCC(CO)CC1. The van der Waals surface area contributed by atoms with E-state index in [1.54, 1.807) is 6.20 Å². The van der Waals surface area contributed by atoms with Crippen molar-refractivity contribution in [3.63, 3.8) is 0 Å². The van der Waals surface area contributed by atoms with Crippen LogP contribution in [-0.2, 0) is 4.79 Å². The van der Waals surface area contributed by atoms with Crippen molar-refractivity contribution in [2.45, 2.75) is 36.8 Å². The number of aliphatic hydroxyl groups excluding tert-OH is 1. The van der Waals surface area contributed by atoms with Crippen molar-refractivity contribution in [1.29, 1.82) is 0 Å². The molecule has 1 aliphatic rings. The molecule has 122 valence electrons. The predicted octanol–water partition coefficient (Wildman–Crippen LogP) is 2.99. The van der Waals surface area contributed by atoms with Gasteiger partial charge in [0.05, 0.1) is 5.75 Å². The summed E-state index contributed by atoms with van der Waals surface area (Å²) < 4.78 is 0. The first-order valence-electron chi connectivity index (χ1n) is 8.13. The summed E-state index contributed by atoms with van der Waals surface area (Å²) in [5.41, 5.74) is 0. The highest BCUT2D eigenvalue weighted by Crippen LogP contribution is 2.26. The average Bonchev–Trinajstić information content (AvgIpc) is 2.60. The van der Waals surface area contributed by atoms with Crippen molar-refractivity contribution in [1.82, 2.24) is 10.3 Å². The van der Waals surface area contributed by atoms with E-state index < -0.39 is 0 Å². The van der Waals surface area contributed by atoms with Crippen LogP contribution in [0, 0.1) is 5.92 Å². The van der Waals surface area contributed by atoms with Gasteiger partial charge >= 0.3 is 0 Å². The zero-order valence-electron chi connectivity index (χ0n) is 13.1. The molecule has 1 aromatic heterocycles. The van der Waals surface area contributed by atoms with Gasteiger partial charge in [-0.05, 0) is 43.1 Å². The zero-order chi connectivity index (χ0) is 16.1. The number of aromatic nitrogens is 1. The molecule has 1 saturated carbocycles. The van der Waals surface area contributed by atoms with Crippen molar-refractivity contribution in [2.24, 2.45) is 5.92 Å². The molecule has 3 rings (SSSR count). The fraction of sp³-hybridized carbons (Fsp3) is 0.444. The second-order valence-electron chi connectivity index (χ2n) is 6.09. The normalized spacial score (nSPS) is 21.3. The molecule has 2 N–H and O–H groups in total. The molecule has 1 heterocycles. The summed E-state index contributed by atoms with van der Waals surface area (Å²) in [6.07, 6.45) is 5.72. The molecule has 0 bridgehead atoms. The number of fused-ring (bicyclic) bond motifs is 1. The van der Waals surface area contributed by atoms with Crippen molar-refractivity contribution in [2.75, 3.05) is 12.4 Å². The van der Waals surface area contributed by atoms with Crippen LogP contribution in [0.15, 0.2) is 41.6 Å². The van der Waals surface area contributed by atoms with Gasteiger partial charge in [-0.1, -0.05) is 36.0 Å². The molecule has 0 saturated heterocycles. The van der Waals surface area contributed by atoms with Gasteiger partial charge in [-0.2, -0.15) is 0 Å². The highest BCUT2D eigenvalue weighted by Gasteiger charge is 2.21. The van der Waals surface area contributed by atoms with Crippen molar-refractivity contribution in [3.05, 3.63) is 36.5 Å². The van der Waals surface area contributed by atoms with Crippen molar-refractivity contribution >= 4 is 28.4 Å². The van der Waals surface area contributed by atoms with Gasteiger partial charge in [0.1, 0.15) is 5.03 Å². The maximum Gasteiger partial charge on any atom is 0.230 e. The smallest absolute Gasteiger partial charge is 0.230 e. The summed E-state index contributed by atoms with van der Waals surface area (Å²) in [6.45, 7) is 0.267. The minimum atomic E-state index is 0.0668. The van der Waals surface area contributed by atoms with Crippen molar-refractivity contribution in [3.8, 4) is 0 Å². The molecule has 0 aliphatic heterocycles. The Hall–Kier alpha value is -1.59. The van der Waals surface area contributed by atoms with Crippen LogP contribution in [0.2, 0.25) is 0 Å². The molecule has 1 fully saturated rings. The molecular weight excluding hydrogens is 308 g/mol. The van der Waals surface area contributed by atoms with Gasteiger partial charge in [0, 0.05) is 24.2 Å². The van der Waals surface area contributed by atoms with Crippen LogP contribution in [0.4, 0.5) is 0 Å². The topological polar surface area (TPSA) is 62.2 Å². The van der Waals surface area contributed by atoms with Gasteiger partial charge in [-0.25, -0.2) is 4.98 Å². The monoisotopic (exact) mass is 330 g/mol. The van der Waals surface area contributed by atoms with Crippen LogP contribution in [0.3, 0.4) is 0 Å². The van der Waals surface area contributed by atoms with Gasteiger partial charge in [0.15, 0.2) is 0 Å². The summed E-state index contributed by atoms with van der Waals surface area (Å²) in [7, 11) is 0. The third-order valence-electron chi connectivity index (χ3n) is 4.45. The van der Waals surface area contributed by atoms with Crippen LogP contribution in [-0.4, -0.2) is 34.4 Å². The van der Waals surface area contributed by atoms with Gasteiger partial charge in [-0.15, -0.1) is 0 Å². The van der Waals surface area contributed by atoms with E-state index in [0.717, 1.165) is 41.5 Å². The Morgan fingerprint density at radius 2 is 2.00 bits per heavy atom. The average molecular weight is 330 g/mol. The number of pyridine rings is 1. The largest absolute Gasteiger partial charge is 0.396 e. The number of nitrogens with one attached hydrogen (secondary N) is 1. The highest BCUT2D eigenvalue weighted by molar-refractivity contribution is 8.00. The maximum atomic E-state index is 12.2. The standard InChI is InChI=1S/C18H22N2O2S/c21-11-13-5-7-15(8-6-13)20-17(22)12-23-18-16-4-2-1-3-14(16)9-10-19-18/h1-4,9-10,13,15,21H,5-8,11-12H2,(H,20,22). The van der Waals surface area contributed by atoms with Crippen LogP contribution in [0.25, 0.3) is 10.8 Å². The van der Waals surface area contributed by atoms with Crippen LogP contribution < -0.4 is 5.32 Å². The number of hydrogen-bond acceptors (Lipinski definition) is 4. The van der Waals surface area contributed by atoms with E-state index in [2.05, 4.69) is 16.4 Å². The molecule has 1 aliphatic carbocycles. The molecule has 0 unspecified atom stereocenters. The molecule has 2 aromatic rings. The van der Waals surface area contributed by atoms with E-state index in [1.165, 1.54) is 11.8 Å². The van der Waals surface area contributed by atoms with Crippen molar-refractivity contribution < 1.29 is 9.90 Å². The first-order valence-corrected chi connectivity index (χ1v) is 9.11. The quantitative estimate of drug-likeness (QED) is 0.827. The van der Waals surface area contributed by atoms with E-state index in [-0.39, 0.29) is 18.6 Å². The molecule has 23 heavy (non-hydrogen) atoms. The minimum absolute atomic E-state index is 0.0668. The first kappa shape index (κ1) is 16.3. The summed E-state index contributed by atoms with van der Waals surface area (Å²) in [6, 6.07) is 10.3. The van der Waals surface area contributed by atoms with E-state index >= 15 is 0 Å². The number of rotatable bonds is 5.